The van der Waals surface area contributed by atoms with Crippen LogP contribution in [0.25, 0.3) is 0 Å². The van der Waals surface area contributed by atoms with Crippen molar-refractivity contribution in [2.24, 2.45) is 0 Å². The van der Waals surface area contributed by atoms with Crippen LogP contribution >= 0.6 is 11.6 Å². The second-order valence-corrected chi connectivity index (χ2v) is 10.5. The Labute approximate surface area is 189 Å². The van der Waals surface area contributed by atoms with Crippen molar-refractivity contribution < 1.29 is 8.42 Å². The third kappa shape index (κ3) is 4.64. The lowest BCUT2D eigenvalue weighted by Crippen LogP contribution is -2.49. The van der Waals surface area contributed by atoms with Gasteiger partial charge >= 0.3 is 0 Å². The fourth-order valence-electron chi connectivity index (χ4n) is 4.01. The standard InChI is InChI=1S/C21H29ClN6O2S/c1-16-15-20(26-9-7-25(3)8-10-26)24-21(23-16)27-11-13-28(14-12-27)31(29,30)19-6-4-5-18(22)17(19)2/h4-6,15H,7-14H2,1-3H3. The van der Waals surface area contributed by atoms with E-state index in [2.05, 4.69) is 26.7 Å². The average Bonchev–Trinajstić information content (AvgIpc) is 2.75. The van der Waals surface area contributed by atoms with Gasteiger partial charge in [-0.15, -0.1) is 0 Å². The van der Waals surface area contributed by atoms with Crippen LogP contribution in [0.5, 0.6) is 0 Å². The van der Waals surface area contributed by atoms with Gasteiger partial charge in [0.25, 0.3) is 0 Å². The molecule has 0 saturated carbocycles. The Bertz CT molecular complexity index is 1050. The molecule has 168 valence electrons. The number of halogens is 1. The number of benzene rings is 1. The van der Waals surface area contributed by atoms with Crippen LogP contribution in [0.4, 0.5) is 11.8 Å². The van der Waals surface area contributed by atoms with Gasteiger partial charge in [0, 0.05) is 69.1 Å². The van der Waals surface area contributed by atoms with E-state index in [0.717, 1.165) is 37.7 Å². The van der Waals surface area contributed by atoms with Crippen molar-refractivity contribution in [3.63, 3.8) is 0 Å². The van der Waals surface area contributed by atoms with E-state index in [-0.39, 0.29) is 4.90 Å². The van der Waals surface area contributed by atoms with Crippen LogP contribution in [-0.2, 0) is 10.0 Å². The molecular formula is C21H29ClN6O2S. The topological polar surface area (TPSA) is 72.9 Å². The third-order valence-electron chi connectivity index (χ3n) is 6.01. The molecule has 2 aromatic rings. The highest BCUT2D eigenvalue weighted by molar-refractivity contribution is 7.89. The lowest BCUT2D eigenvalue weighted by atomic mass is 10.2. The summed E-state index contributed by atoms with van der Waals surface area (Å²) in [5.74, 6) is 1.62. The van der Waals surface area contributed by atoms with Crippen LogP contribution in [0, 0.1) is 13.8 Å². The number of nitrogens with zero attached hydrogens (tertiary/aromatic N) is 6. The van der Waals surface area contributed by atoms with Gasteiger partial charge in [-0.2, -0.15) is 9.29 Å². The summed E-state index contributed by atoms with van der Waals surface area (Å²) in [5, 5.41) is 0.462. The minimum atomic E-state index is -3.59. The first kappa shape index (κ1) is 22.3. The Kier molecular flexibility index (Phi) is 6.39. The van der Waals surface area contributed by atoms with Gasteiger partial charge < -0.3 is 14.7 Å². The van der Waals surface area contributed by atoms with Gasteiger partial charge in [-0.3, -0.25) is 0 Å². The van der Waals surface area contributed by atoms with E-state index in [1.807, 2.05) is 13.0 Å². The minimum Gasteiger partial charge on any atom is -0.354 e. The number of sulfonamides is 1. The molecule has 1 aromatic carbocycles. The summed E-state index contributed by atoms with van der Waals surface area (Å²) < 4.78 is 27.8. The van der Waals surface area contributed by atoms with E-state index >= 15 is 0 Å². The normalized spacial score (nSPS) is 19.1. The smallest absolute Gasteiger partial charge is 0.243 e. The summed E-state index contributed by atoms with van der Waals surface area (Å²) in [5.41, 5.74) is 1.51. The summed E-state index contributed by atoms with van der Waals surface area (Å²) in [4.78, 5) is 16.4. The number of hydrogen-bond acceptors (Lipinski definition) is 7. The largest absolute Gasteiger partial charge is 0.354 e. The molecule has 2 aliphatic rings. The quantitative estimate of drug-likeness (QED) is 0.685. The lowest BCUT2D eigenvalue weighted by molar-refractivity contribution is 0.312. The molecule has 10 heteroatoms. The zero-order valence-corrected chi connectivity index (χ0v) is 19.8. The Morgan fingerprint density at radius 1 is 0.903 bits per heavy atom. The summed E-state index contributed by atoms with van der Waals surface area (Å²) in [6, 6.07) is 7.03. The monoisotopic (exact) mass is 464 g/mol. The molecule has 0 aliphatic carbocycles. The third-order valence-corrected chi connectivity index (χ3v) is 8.47. The zero-order chi connectivity index (χ0) is 22.2. The molecule has 0 amide bonds. The Balaban J connectivity index is 1.48. The molecule has 0 radical (unpaired) electrons. The Morgan fingerprint density at radius 3 is 2.23 bits per heavy atom. The molecule has 2 fully saturated rings. The molecule has 0 spiro atoms. The highest BCUT2D eigenvalue weighted by atomic mass is 35.5. The Hall–Kier alpha value is -1.94. The number of aromatic nitrogens is 2. The number of anilines is 2. The maximum atomic E-state index is 13.2. The van der Waals surface area contributed by atoms with E-state index in [1.165, 1.54) is 4.31 Å². The van der Waals surface area contributed by atoms with Crippen molar-refractivity contribution in [3.8, 4) is 0 Å². The highest BCUT2D eigenvalue weighted by Crippen LogP contribution is 2.27. The molecule has 31 heavy (non-hydrogen) atoms. The van der Waals surface area contributed by atoms with Crippen molar-refractivity contribution in [2.75, 3.05) is 69.2 Å². The molecule has 0 bridgehead atoms. The second kappa shape index (κ2) is 8.90. The van der Waals surface area contributed by atoms with Gasteiger partial charge in [-0.05, 0) is 38.6 Å². The fraction of sp³-hybridized carbons (Fsp3) is 0.524. The number of hydrogen-bond donors (Lipinski definition) is 0. The SMILES string of the molecule is Cc1cc(N2CCN(C)CC2)nc(N2CCN(S(=O)(=O)c3cccc(Cl)c3C)CC2)n1. The number of likely N-dealkylation sites (N-methyl/N-ethyl adjacent to an activating group) is 1. The highest BCUT2D eigenvalue weighted by Gasteiger charge is 2.31. The van der Waals surface area contributed by atoms with Gasteiger partial charge in [-0.1, -0.05) is 17.7 Å². The summed E-state index contributed by atoms with van der Waals surface area (Å²) in [6.07, 6.45) is 0. The molecule has 8 nitrogen and oxygen atoms in total. The van der Waals surface area contributed by atoms with Crippen LogP contribution in [0.1, 0.15) is 11.3 Å². The molecule has 2 aliphatic heterocycles. The minimum absolute atomic E-state index is 0.276. The first-order valence-corrected chi connectivity index (χ1v) is 12.4. The molecule has 0 atom stereocenters. The van der Waals surface area contributed by atoms with Gasteiger partial charge in [0.2, 0.25) is 16.0 Å². The number of rotatable bonds is 4. The molecular weight excluding hydrogens is 436 g/mol. The van der Waals surface area contributed by atoms with Gasteiger partial charge in [0.15, 0.2) is 0 Å². The van der Waals surface area contributed by atoms with Gasteiger partial charge in [-0.25, -0.2) is 13.4 Å². The van der Waals surface area contributed by atoms with Crippen molar-refractivity contribution in [2.45, 2.75) is 18.7 Å². The summed E-state index contributed by atoms with van der Waals surface area (Å²) >= 11 is 6.15. The van der Waals surface area contributed by atoms with E-state index < -0.39 is 10.0 Å². The fourth-order valence-corrected chi connectivity index (χ4v) is 5.91. The molecule has 0 unspecified atom stereocenters. The van der Waals surface area contributed by atoms with Crippen molar-refractivity contribution in [1.29, 1.82) is 0 Å². The lowest BCUT2D eigenvalue weighted by Gasteiger charge is -2.36. The van der Waals surface area contributed by atoms with Gasteiger partial charge in [0.1, 0.15) is 5.82 Å². The molecule has 4 rings (SSSR count). The second-order valence-electron chi connectivity index (χ2n) is 8.21. The molecule has 2 saturated heterocycles. The summed E-state index contributed by atoms with van der Waals surface area (Å²) in [7, 11) is -1.46. The first-order chi connectivity index (χ1) is 14.8. The molecule has 1 aromatic heterocycles. The predicted octanol–water partition coefficient (Wildman–Crippen LogP) is 2.01. The van der Waals surface area contributed by atoms with E-state index in [1.54, 1.807) is 25.1 Å². The average molecular weight is 465 g/mol. The van der Waals surface area contributed by atoms with E-state index in [4.69, 9.17) is 16.6 Å². The Morgan fingerprint density at radius 2 is 1.55 bits per heavy atom. The van der Waals surface area contributed by atoms with Crippen LogP contribution in [0.3, 0.4) is 0 Å². The number of aryl methyl sites for hydroxylation is 1. The first-order valence-electron chi connectivity index (χ1n) is 10.5. The van der Waals surface area contributed by atoms with E-state index in [0.29, 0.717) is 42.7 Å². The van der Waals surface area contributed by atoms with Crippen molar-refractivity contribution in [1.82, 2.24) is 19.2 Å². The maximum Gasteiger partial charge on any atom is 0.243 e. The van der Waals surface area contributed by atoms with E-state index in [9.17, 15) is 8.42 Å². The van der Waals surface area contributed by atoms with Crippen LogP contribution < -0.4 is 9.80 Å². The number of piperazine rings is 2. The van der Waals surface area contributed by atoms with Crippen LogP contribution in [0.2, 0.25) is 5.02 Å². The zero-order valence-electron chi connectivity index (χ0n) is 18.3. The maximum absolute atomic E-state index is 13.2. The molecule has 0 N–H and O–H groups in total. The molecule has 3 heterocycles. The van der Waals surface area contributed by atoms with Crippen molar-refractivity contribution >= 4 is 33.4 Å². The van der Waals surface area contributed by atoms with Gasteiger partial charge in [0.05, 0.1) is 4.90 Å². The summed E-state index contributed by atoms with van der Waals surface area (Å²) in [6.45, 7) is 9.49. The van der Waals surface area contributed by atoms with Crippen LogP contribution in [0.15, 0.2) is 29.2 Å². The predicted molar refractivity (Wildman–Crippen MR) is 124 cm³/mol. The van der Waals surface area contributed by atoms with Crippen LogP contribution in [-0.4, -0.2) is 87.0 Å². The van der Waals surface area contributed by atoms with Crippen molar-refractivity contribution in [3.05, 3.63) is 40.5 Å².